The van der Waals surface area contributed by atoms with Gasteiger partial charge in [-0.3, -0.25) is 14.9 Å². The molecular weight excluding hydrogens is 388 g/mol. The molecule has 1 saturated carbocycles. The van der Waals surface area contributed by atoms with Gasteiger partial charge in [0.05, 0.1) is 11.4 Å². The minimum Gasteiger partial charge on any atom is -0.346 e. The molecule has 3 atom stereocenters. The quantitative estimate of drug-likeness (QED) is 0.622. The molecule has 3 fully saturated rings. The van der Waals surface area contributed by atoms with Crippen LogP contribution in [0, 0.1) is 6.92 Å². The average Bonchev–Trinajstić information content (AvgIpc) is 3.59. The van der Waals surface area contributed by atoms with E-state index in [0.717, 1.165) is 31.8 Å². The summed E-state index contributed by atoms with van der Waals surface area (Å²) >= 11 is 0. The Morgan fingerprint density at radius 2 is 2.16 bits per heavy atom. The van der Waals surface area contributed by atoms with Gasteiger partial charge in [-0.1, -0.05) is 6.92 Å². The van der Waals surface area contributed by atoms with E-state index in [-0.39, 0.29) is 17.9 Å². The molecule has 3 aliphatic heterocycles. The van der Waals surface area contributed by atoms with Crippen molar-refractivity contribution < 1.29 is 4.74 Å². The third-order valence-corrected chi connectivity index (χ3v) is 7.91. The van der Waals surface area contributed by atoms with Crippen LogP contribution < -0.4 is 5.32 Å². The van der Waals surface area contributed by atoms with Gasteiger partial charge in [0, 0.05) is 54.0 Å². The van der Waals surface area contributed by atoms with Crippen molar-refractivity contribution in [3.05, 3.63) is 35.3 Å². The largest absolute Gasteiger partial charge is 0.346 e. The molecule has 31 heavy (non-hydrogen) atoms. The lowest BCUT2D eigenvalue weighted by Crippen LogP contribution is -2.34. The van der Waals surface area contributed by atoms with Gasteiger partial charge >= 0.3 is 0 Å². The summed E-state index contributed by atoms with van der Waals surface area (Å²) in [4.78, 5) is 10.5. The standard InChI is InChI=1S/C24H30N6O/c1-3-25-22-23(31-22)29-8-6-24(13-29)7-9-30-20(24)18(15-4-5-15)19(28-30)16-10-17-14(2)11-26-21(17)27-12-16/h10-12,15,22-23,25H,3-9,13H2,1-2H3,(H,26,27). The summed E-state index contributed by atoms with van der Waals surface area (Å²) in [6, 6.07) is 2.28. The maximum absolute atomic E-state index is 5.92. The molecule has 7 heteroatoms. The van der Waals surface area contributed by atoms with Crippen LogP contribution in [0.3, 0.4) is 0 Å². The van der Waals surface area contributed by atoms with Crippen molar-refractivity contribution in [2.45, 2.75) is 69.9 Å². The summed E-state index contributed by atoms with van der Waals surface area (Å²) in [6.45, 7) is 8.49. The van der Waals surface area contributed by atoms with E-state index in [4.69, 9.17) is 14.8 Å². The van der Waals surface area contributed by atoms with Gasteiger partial charge in [0.2, 0.25) is 0 Å². The molecule has 1 spiro atoms. The van der Waals surface area contributed by atoms with Crippen LogP contribution in [0.25, 0.3) is 22.3 Å². The van der Waals surface area contributed by atoms with Gasteiger partial charge in [-0.2, -0.15) is 5.10 Å². The summed E-state index contributed by atoms with van der Waals surface area (Å²) in [5.41, 5.74) is 7.83. The van der Waals surface area contributed by atoms with Crippen LogP contribution in [0.5, 0.6) is 0 Å². The molecule has 0 amide bonds. The molecule has 2 saturated heterocycles. The zero-order valence-corrected chi connectivity index (χ0v) is 18.3. The number of aryl methyl sites for hydroxylation is 2. The van der Waals surface area contributed by atoms with E-state index in [0.29, 0.717) is 5.92 Å². The Kier molecular flexibility index (Phi) is 3.79. The van der Waals surface area contributed by atoms with Gasteiger partial charge in [-0.05, 0) is 56.7 Å². The van der Waals surface area contributed by atoms with Crippen LogP contribution in [-0.4, -0.2) is 56.7 Å². The number of H-pyrrole nitrogens is 1. The summed E-state index contributed by atoms with van der Waals surface area (Å²) in [7, 11) is 0. The Bertz CT molecular complexity index is 1180. The fourth-order valence-corrected chi connectivity index (χ4v) is 6.12. The Morgan fingerprint density at radius 3 is 3.00 bits per heavy atom. The van der Waals surface area contributed by atoms with E-state index in [1.807, 2.05) is 12.4 Å². The highest BCUT2D eigenvalue weighted by atomic mass is 16.6. The number of ether oxygens (including phenoxy) is 1. The molecule has 7 rings (SSSR count). The first-order valence-electron chi connectivity index (χ1n) is 11.8. The van der Waals surface area contributed by atoms with Crippen molar-refractivity contribution in [3.8, 4) is 11.3 Å². The van der Waals surface area contributed by atoms with Gasteiger partial charge < -0.3 is 9.72 Å². The number of nitrogens with zero attached hydrogens (tertiary/aromatic N) is 4. The molecule has 0 aromatic carbocycles. The summed E-state index contributed by atoms with van der Waals surface area (Å²) in [5.74, 6) is 0.664. The number of aromatic amines is 1. The van der Waals surface area contributed by atoms with Crippen LogP contribution in [0.4, 0.5) is 0 Å². The number of epoxide rings is 1. The van der Waals surface area contributed by atoms with Crippen LogP contribution in [0.2, 0.25) is 0 Å². The second-order valence-electron chi connectivity index (χ2n) is 9.96. The predicted octanol–water partition coefficient (Wildman–Crippen LogP) is 3.25. The number of aromatic nitrogens is 4. The molecule has 3 unspecified atom stereocenters. The summed E-state index contributed by atoms with van der Waals surface area (Å²) in [6.07, 6.45) is 9.52. The second-order valence-corrected chi connectivity index (χ2v) is 9.96. The highest BCUT2D eigenvalue weighted by Gasteiger charge is 2.54. The normalized spacial score (nSPS) is 30.0. The van der Waals surface area contributed by atoms with Gasteiger partial charge in [-0.25, -0.2) is 4.98 Å². The van der Waals surface area contributed by atoms with Crippen LogP contribution in [0.15, 0.2) is 18.5 Å². The predicted molar refractivity (Wildman–Crippen MR) is 119 cm³/mol. The number of rotatable bonds is 5. The first kappa shape index (κ1) is 18.4. The molecule has 7 nitrogen and oxygen atoms in total. The lowest BCUT2D eigenvalue weighted by Gasteiger charge is -2.25. The fourth-order valence-electron chi connectivity index (χ4n) is 6.12. The molecule has 0 bridgehead atoms. The van der Waals surface area contributed by atoms with E-state index in [1.165, 1.54) is 59.1 Å². The zero-order valence-electron chi connectivity index (χ0n) is 18.3. The SMILES string of the molecule is CCNC1OC1N1CCC2(CCn3nc(-c4cnc5[nH]cc(C)c5c4)c(C4CC4)c32)C1. The van der Waals surface area contributed by atoms with E-state index in [1.54, 1.807) is 0 Å². The number of nitrogens with one attached hydrogen (secondary N) is 2. The number of likely N-dealkylation sites (tertiary alicyclic amines) is 1. The first-order valence-corrected chi connectivity index (χ1v) is 11.8. The Balaban J connectivity index is 1.28. The van der Waals surface area contributed by atoms with Crippen LogP contribution in [0.1, 0.15) is 55.3 Å². The highest BCUT2D eigenvalue weighted by molar-refractivity contribution is 5.84. The molecule has 4 aliphatic rings. The van der Waals surface area contributed by atoms with E-state index in [2.05, 4.69) is 39.8 Å². The van der Waals surface area contributed by atoms with Crippen molar-refractivity contribution in [1.82, 2.24) is 30.0 Å². The van der Waals surface area contributed by atoms with Crippen LogP contribution >= 0.6 is 0 Å². The van der Waals surface area contributed by atoms with Crippen molar-refractivity contribution in [2.75, 3.05) is 19.6 Å². The molecule has 1 aliphatic carbocycles. The minimum atomic E-state index is 0.215. The summed E-state index contributed by atoms with van der Waals surface area (Å²) < 4.78 is 8.27. The monoisotopic (exact) mass is 418 g/mol. The van der Waals surface area contributed by atoms with Crippen LogP contribution in [-0.2, 0) is 16.7 Å². The molecule has 0 radical (unpaired) electrons. The van der Waals surface area contributed by atoms with Gasteiger partial charge in [-0.15, -0.1) is 0 Å². The smallest absolute Gasteiger partial charge is 0.153 e. The van der Waals surface area contributed by atoms with Crippen molar-refractivity contribution in [3.63, 3.8) is 0 Å². The molecule has 6 heterocycles. The first-order chi connectivity index (χ1) is 15.2. The maximum Gasteiger partial charge on any atom is 0.153 e. The molecule has 2 N–H and O–H groups in total. The Morgan fingerprint density at radius 1 is 1.29 bits per heavy atom. The number of likely N-dealkylation sites (N-methyl/N-ethyl adjacent to an activating group) is 1. The maximum atomic E-state index is 5.92. The van der Waals surface area contributed by atoms with Gasteiger partial charge in [0.1, 0.15) is 5.65 Å². The van der Waals surface area contributed by atoms with Crippen molar-refractivity contribution in [1.29, 1.82) is 0 Å². The molecular formula is C24H30N6O. The second kappa shape index (κ2) is 6.40. The highest BCUT2D eigenvalue weighted by Crippen LogP contribution is 2.54. The Hall–Kier alpha value is -2.22. The number of pyridine rings is 1. The number of hydrogen-bond donors (Lipinski definition) is 2. The van der Waals surface area contributed by atoms with E-state index in [9.17, 15) is 0 Å². The van der Waals surface area contributed by atoms with Gasteiger partial charge in [0.15, 0.2) is 12.5 Å². The number of hydrogen-bond acceptors (Lipinski definition) is 5. The zero-order chi connectivity index (χ0) is 20.7. The van der Waals surface area contributed by atoms with E-state index < -0.39 is 0 Å². The Labute approximate surface area is 182 Å². The minimum absolute atomic E-state index is 0.215. The van der Waals surface area contributed by atoms with Gasteiger partial charge in [0.25, 0.3) is 0 Å². The van der Waals surface area contributed by atoms with Crippen molar-refractivity contribution >= 4 is 11.0 Å². The third kappa shape index (κ3) is 2.69. The van der Waals surface area contributed by atoms with Crippen molar-refractivity contribution in [2.24, 2.45) is 0 Å². The molecule has 3 aromatic rings. The fraction of sp³-hybridized carbons (Fsp3) is 0.583. The number of fused-ring (bicyclic) bond motifs is 3. The third-order valence-electron chi connectivity index (χ3n) is 7.91. The lowest BCUT2D eigenvalue weighted by molar-refractivity contribution is 0.198. The lowest BCUT2D eigenvalue weighted by atomic mass is 9.79. The van der Waals surface area contributed by atoms with E-state index >= 15 is 0 Å². The average molecular weight is 419 g/mol. The summed E-state index contributed by atoms with van der Waals surface area (Å²) in [5, 5.41) is 9.84. The molecule has 162 valence electrons. The topological polar surface area (TPSA) is 74.3 Å². The molecule has 3 aromatic heterocycles.